The highest BCUT2D eigenvalue weighted by atomic mass is 16.5. The zero-order valence-electron chi connectivity index (χ0n) is 11.0. The van der Waals surface area contributed by atoms with E-state index in [4.69, 9.17) is 9.47 Å². The Morgan fingerprint density at radius 1 is 1.35 bits per heavy atom. The summed E-state index contributed by atoms with van der Waals surface area (Å²) < 4.78 is 11.3. The zero-order valence-corrected chi connectivity index (χ0v) is 11.0. The summed E-state index contributed by atoms with van der Waals surface area (Å²) in [5, 5.41) is 3.42. The molecule has 2 aliphatic rings. The highest BCUT2D eigenvalue weighted by Gasteiger charge is 2.24. The van der Waals surface area contributed by atoms with Crippen LogP contribution in [0.5, 0.6) is 0 Å². The van der Waals surface area contributed by atoms with Crippen LogP contribution < -0.4 is 5.32 Å². The molecule has 0 aliphatic carbocycles. The van der Waals surface area contributed by atoms with E-state index < -0.39 is 0 Å². The van der Waals surface area contributed by atoms with E-state index in [0.717, 1.165) is 46.0 Å². The summed E-state index contributed by atoms with van der Waals surface area (Å²) in [5.41, 5.74) is 0. The van der Waals surface area contributed by atoms with Gasteiger partial charge in [0.05, 0.1) is 19.3 Å². The van der Waals surface area contributed by atoms with Gasteiger partial charge in [0, 0.05) is 32.3 Å². The van der Waals surface area contributed by atoms with Crippen LogP contribution in [0.3, 0.4) is 0 Å². The Hall–Kier alpha value is -0.160. The molecule has 2 heterocycles. The van der Waals surface area contributed by atoms with Gasteiger partial charge in [0.2, 0.25) is 0 Å². The topological polar surface area (TPSA) is 33.7 Å². The molecule has 0 spiro atoms. The normalized spacial score (nSPS) is 30.9. The lowest BCUT2D eigenvalue weighted by atomic mass is 10.1. The summed E-state index contributed by atoms with van der Waals surface area (Å²) in [7, 11) is 0. The van der Waals surface area contributed by atoms with Crippen molar-refractivity contribution in [2.45, 2.75) is 38.3 Å². The van der Waals surface area contributed by atoms with Gasteiger partial charge in [0.1, 0.15) is 0 Å². The summed E-state index contributed by atoms with van der Waals surface area (Å²) in [6, 6.07) is 0.546. The van der Waals surface area contributed by atoms with Crippen molar-refractivity contribution in [3.8, 4) is 0 Å². The third-order valence-corrected chi connectivity index (χ3v) is 3.74. The molecule has 2 fully saturated rings. The van der Waals surface area contributed by atoms with E-state index in [1.165, 1.54) is 19.3 Å². The monoisotopic (exact) mass is 242 g/mol. The molecule has 0 aromatic carbocycles. The number of ether oxygens (including phenoxy) is 2. The molecule has 2 unspecified atom stereocenters. The maximum absolute atomic E-state index is 5.69. The van der Waals surface area contributed by atoms with Crippen molar-refractivity contribution in [2.75, 3.05) is 46.0 Å². The van der Waals surface area contributed by atoms with E-state index in [-0.39, 0.29) is 0 Å². The average Bonchev–Trinajstić information content (AvgIpc) is 2.88. The van der Waals surface area contributed by atoms with Gasteiger partial charge in [-0.05, 0) is 25.8 Å². The van der Waals surface area contributed by atoms with Gasteiger partial charge >= 0.3 is 0 Å². The molecule has 0 radical (unpaired) electrons. The van der Waals surface area contributed by atoms with Crippen LogP contribution in [0.1, 0.15) is 26.2 Å². The minimum absolute atomic E-state index is 0.512. The van der Waals surface area contributed by atoms with Crippen LogP contribution in [0.25, 0.3) is 0 Å². The van der Waals surface area contributed by atoms with Gasteiger partial charge in [-0.1, -0.05) is 6.92 Å². The SMILES string of the molecule is CCNCC1COCCN1CCC1CCCO1. The third kappa shape index (κ3) is 4.21. The van der Waals surface area contributed by atoms with Crippen LogP contribution >= 0.6 is 0 Å². The number of likely N-dealkylation sites (N-methyl/N-ethyl adjacent to an activating group) is 1. The van der Waals surface area contributed by atoms with Crippen LogP contribution in [-0.2, 0) is 9.47 Å². The Balaban J connectivity index is 1.71. The van der Waals surface area contributed by atoms with E-state index in [9.17, 15) is 0 Å². The van der Waals surface area contributed by atoms with Crippen molar-refractivity contribution in [3.63, 3.8) is 0 Å². The summed E-state index contributed by atoms with van der Waals surface area (Å²) in [4.78, 5) is 2.56. The summed E-state index contributed by atoms with van der Waals surface area (Å²) in [6.07, 6.45) is 4.19. The van der Waals surface area contributed by atoms with E-state index in [1.807, 2.05) is 0 Å². The molecule has 1 N–H and O–H groups in total. The van der Waals surface area contributed by atoms with Crippen molar-refractivity contribution in [2.24, 2.45) is 0 Å². The minimum atomic E-state index is 0.512. The fourth-order valence-corrected chi connectivity index (χ4v) is 2.66. The smallest absolute Gasteiger partial charge is 0.0634 e. The maximum Gasteiger partial charge on any atom is 0.0634 e. The molecule has 2 aliphatic heterocycles. The van der Waals surface area contributed by atoms with Crippen molar-refractivity contribution in [3.05, 3.63) is 0 Å². The van der Waals surface area contributed by atoms with Gasteiger partial charge < -0.3 is 14.8 Å². The molecule has 0 aromatic rings. The number of hydrogen-bond donors (Lipinski definition) is 1. The van der Waals surface area contributed by atoms with Crippen LogP contribution in [0.4, 0.5) is 0 Å². The standard InChI is InChI=1S/C13H26N2O2/c1-2-14-10-12-11-16-9-7-15(12)6-5-13-4-3-8-17-13/h12-14H,2-11H2,1H3. The molecular formula is C13H26N2O2. The van der Waals surface area contributed by atoms with Crippen LogP contribution in [-0.4, -0.2) is 63.0 Å². The first-order valence-corrected chi connectivity index (χ1v) is 7.04. The second-order valence-electron chi connectivity index (χ2n) is 5.00. The van der Waals surface area contributed by atoms with Crippen LogP contribution in [0.15, 0.2) is 0 Å². The molecule has 100 valence electrons. The second-order valence-corrected chi connectivity index (χ2v) is 5.00. The molecular weight excluding hydrogens is 216 g/mol. The lowest BCUT2D eigenvalue weighted by Crippen LogP contribution is -2.51. The van der Waals surface area contributed by atoms with Gasteiger partial charge in [-0.25, -0.2) is 0 Å². The molecule has 2 atom stereocenters. The maximum atomic E-state index is 5.69. The Morgan fingerprint density at radius 3 is 3.06 bits per heavy atom. The van der Waals surface area contributed by atoms with E-state index in [0.29, 0.717) is 12.1 Å². The predicted octanol–water partition coefficient (Wildman–Crippen LogP) is 0.866. The molecule has 0 saturated carbocycles. The molecule has 2 saturated heterocycles. The Bertz CT molecular complexity index is 208. The second kappa shape index (κ2) is 7.31. The van der Waals surface area contributed by atoms with Gasteiger partial charge in [-0.3, -0.25) is 4.90 Å². The Kier molecular flexibility index (Phi) is 5.71. The van der Waals surface area contributed by atoms with E-state index in [2.05, 4.69) is 17.1 Å². The first kappa shape index (κ1) is 13.3. The molecule has 0 aromatic heterocycles. The third-order valence-electron chi connectivity index (χ3n) is 3.74. The van der Waals surface area contributed by atoms with Crippen molar-refractivity contribution < 1.29 is 9.47 Å². The van der Waals surface area contributed by atoms with Gasteiger partial charge in [0.25, 0.3) is 0 Å². The number of nitrogens with one attached hydrogen (secondary N) is 1. The van der Waals surface area contributed by atoms with Gasteiger partial charge in [-0.2, -0.15) is 0 Å². The van der Waals surface area contributed by atoms with E-state index in [1.54, 1.807) is 0 Å². The Labute approximate surface area is 105 Å². The molecule has 17 heavy (non-hydrogen) atoms. The fourth-order valence-electron chi connectivity index (χ4n) is 2.66. The van der Waals surface area contributed by atoms with Crippen LogP contribution in [0.2, 0.25) is 0 Å². The molecule has 2 rings (SSSR count). The lowest BCUT2D eigenvalue weighted by molar-refractivity contribution is -0.0139. The first-order chi connectivity index (χ1) is 8.40. The number of nitrogens with zero attached hydrogens (tertiary/aromatic N) is 1. The summed E-state index contributed by atoms with van der Waals surface area (Å²) in [5.74, 6) is 0. The van der Waals surface area contributed by atoms with Crippen molar-refractivity contribution in [1.82, 2.24) is 10.2 Å². The van der Waals surface area contributed by atoms with Crippen LogP contribution in [0, 0.1) is 0 Å². The molecule has 0 bridgehead atoms. The Morgan fingerprint density at radius 2 is 2.29 bits per heavy atom. The minimum Gasteiger partial charge on any atom is -0.378 e. The van der Waals surface area contributed by atoms with E-state index >= 15 is 0 Å². The largest absolute Gasteiger partial charge is 0.378 e. The highest BCUT2D eigenvalue weighted by Crippen LogP contribution is 2.17. The summed E-state index contributed by atoms with van der Waals surface area (Å²) in [6.45, 7) is 9.19. The lowest BCUT2D eigenvalue weighted by Gasteiger charge is -2.36. The number of rotatable bonds is 6. The molecule has 4 nitrogen and oxygen atoms in total. The fraction of sp³-hybridized carbons (Fsp3) is 1.00. The quantitative estimate of drug-likeness (QED) is 0.749. The van der Waals surface area contributed by atoms with Crippen molar-refractivity contribution >= 4 is 0 Å². The molecule has 0 amide bonds. The number of hydrogen-bond acceptors (Lipinski definition) is 4. The average molecular weight is 242 g/mol. The highest BCUT2D eigenvalue weighted by molar-refractivity contribution is 4.78. The van der Waals surface area contributed by atoms with Gasteiger partial charge in [-0.15, -0.1) is 0 Å². The van der Waals surface area contributed by atoms with Gasteiger partial charge in [0.15, 0.2) is 0 Å². The van der Waals surface area contributed by atoms with Crippen molar-refractivity contribution in [1.29, 1.82) is 0 Å². The predicted molar refractivity (Wildman–Crippen MR) is 68.3 cm³/mol. The summed E-state index contributed by atoms with van der Waals surface area (Å²) >= 11 is 0. The zero-order chi connectivity index (χ0) is 11.9. The first-order valence-electron chi connectivity index (χ1n) is 7.04. The number of morpholine rings is 1. The molecule has 4 heteroatoms.